The Morgan fingerprint density at radius 2 is 2.09 bits per heavy atom. The lowest BCUT2D eigenvalue weighted by atomic mass is 10.0. The molecule has 2 aliphatic rings. The molecule has 0 saturated carbocycles. The molecule has 35 heavy (non-hydrogen) atoms. The van der Waals surface area contributed by atoms with Crippen LogP contribution in [0.5, 0.6) is 5.88 Å². The van der Waals surface area contributed by atoms with E-state index in [0.717, 1.165) is 52.1 Å². The van der Waals surface area contributed by atoms with Crippen molar-refractivity contribution in [2.24, 2.45) is 0 Å². The van der Waals surface area contributed by atoms with Gasteiger partial charge in [0.1, 0.15) is 5.56 Å². The first kappa shape index (κ1) is 23.4. The monoisotopic (exact) mass is 482 g/mol. The van der Waals surface area contributed by atoms with Gasteiger partial charge in [0.2, 0.25) is 11.8 Å². The van der Waals surface area contributed by atoms with Crippen LogP contribution in [0.15, 0.2) is 24.7 Å². The molecule has 186 valence electrons. The lowest BCUT2D eigenvalue weighted by molar-refractivity contribution is 0.102. The lowest BCUT2D eigenvalue weighted by Gasteiger charge is -2.41. The molecule has 2 fully saturated rings. The van der Waals surface area contributed by atoms with Crippen molar-refractivity contribution in [3.05, 3.63) is 41.7 Å². The third kappa shape index (κ3) is 5.06. The third-order valence-corrected chi connectivity index (χ3v) is 6.50. The van der Waals surface area contributed by atoms with Gasteiger partial charge >= 0.3 is 0 Å². The number of amides is 1. The van der Waals surface area contributed by atoms with E-state index in [2.05, 4.69) is 35.4 Å². The van der Waals surface area contributed by atoms with Crippen LogP contribution in [0, 0.1) is 12.7 Å². The molecule has 0 bridgehead atoms. The number of aryl methyl sites for hydroxylation is 1. The van der Waals surface area contributed by atoms with E-state index < -0.39 is 11.7 Å². The molecule has 0 spiro atoms. The van der Waals surface area contributed by atoms with Crippen LogP contribution in [0.25, 0.3) is 5.65 Å². The first-order valence-electron chi connectivity index (χ1n) is 12.2. The number of carbonyl (C=O) groups is 1. The summed E-state index contributed by atoms with van der Waals surface area (Å²) in [6.07, 6.45) is 7.03. The van der Waals surface area contributed by atoms with E-state index in [1.165, 1.54) is 12.3 Å². The molecule has 2 N–H and O–H groups in total. The number of fused-ring (bicyclic) bond motifs is 1. The molecule has 10 nitrogen and oxygen atoms in total. The highest BCUT2D eigenvalue weighted by Crippen LogP contribution is 2.25. The molecule has 2 saturated heterocycles. The summed E-state index contributed by atoms with van der Waals surface area (Å²) in [7, 11) is 0. The molecule has 1 amide bonds. The Hall–Kier alpha value is -3.31. The number of piperidine rings is 1. The number of piperazine rings is 1. The Morgan fingerprint density at radius 1 is 1.26 bits per heavy atom. The summed E-state index contributed by atoms with van der Waals surface area (Å²) >= 11 is 0. The van der Waals surface area contributed by atoms with Crippen LogP contribution in [-0.2, 0) is 0 Å². The van der Waals surface area contributed by atoms with Crippen molar-refractivity contribution in [1.29, 1.82) is 0 Å². The molecule has 3 aromatic heterocycles. The van der Waals surface area contributed by atoms with Gasteiger partial charge in [0, 0.05) is 70.0 Å². The highest BCUT2D eigenvalue weighted by atomic mass is 19.1. The Labute approximate surface area is 203 Å². The normalized spacial score (nSPS) is 19.2. The number of nitrogens with zero attached hydrogens (tertiary/aromatic N) is 6. The number of aromatic nitrogens is 4. The minimum absolute atomic E-state index is 0.202. The van der Waals surface area contributed by atoms with Gasteiger partial charge in [-0.15, -0.1) is 0 Å². The first-order chi connectivity index (χ1) is 17.0. The Bertz CT molecular complexity index is 1210. The van der Waals surface area contributed by atoms with Crippen LogP contribution in [0.3, 0.4) is 0 Å². The Balaban J connectivity index is 1.34. The van der Waals surface area contributed by atoms with Gasteiger partial charge in [-0.3, -0.25) is 9.69 Å². The van der Waals surface area contributed by atoms with Gasteiger partial charge in [-0.1, -0.05) is 0 Å². The summed E-state index contributed by atoms with van der Waals surface area (Å²) in [6, 6.07) is 1.71. The number of pyridine rings is 1. The fraction of sp³-hybridized carbons (Fsp3) is 0.500. The van der Waals surface area contributed by atoms with Crippen molar-refractivity contribution in [2.45, 2.75) is 32.7 Å². The van der Waals surface area contributed by atoms with Crippen molar-refractivity contribution in [3.8, 4) is 5.88 Å². The second-order valence-electron chi connectivity index (χ2n) is 8.99. The van der Waals surface area contributed by atoms with Crippen molar-refractivity contribution < 1.29 is 13.9 Å². The average Bonchev–Trinajstić information content (AvgIpc) is 3.25. The molecule has 0 radical (unpaired) electrons. The maximum absolute atomic E-state index is 14.4. The van der Waals surface area contributed by atoms with E-state index in [1.54, 1.807) is 23.7 Å². The topological polar surface area (TPSA) is 99.9 Å². The van der Waals surface area contributed by atoms with Crippen LogP contribution < -0.4 is 20.3 Å². The van der Waals surface area contributed by atoms with Crippen LogP contribution in [0.1, 0.15) is 35.8 Å². The number of halogens is 1. The zero-order valence-corrected chi connectivity index (χ0v) is 20.1. The third-order valence-electron chi connectivity index (χ3n) is 6.50. The maximum atomic E-state index is 14.4. The molecule has 1 unspecified atom stereocenters. The average molecular weight is 483 g/mol. The number of anilines is 2. The molecule has 11 heteroatoms. The van der Waals surface area contributed by atoms with Gasteiger partial charge in [-0.25, -0.2) is 14.4 Å². The number of carbonyl (C=O) groups excluding carboxylic acids is 1. The first-order valence-corrected chi connectivity index (χ1v) is 12.2. The predicted octanol–water partition coefficient (Wildman–Crippen LogP) is 2.10. The largest absolute Gasteiger partial charge is 0.477 e. The zero-order chi connectivity index (χ0) is 24.4. The molecule has 5 heterocycles. The van der Waals surface area contributed by atoms with Gasteiger partial charge < -0.3 is 24.7 Å². The molecule has 5 rings (SSSR count). The smallest absolute Gasteiger partial charge is 0.262 e. The molecule has 2 aliphatic heterocycles. The zero-order valence-electron chi connectivity index (χ0n) is 20.1. The standard InChI is InChI=1S/C24H31FN8O2/c1-3-35-23-19(22(34)29-17-11-20(25)21-28-16(2)13-33(21)14-17)12-27-24(30-23)32-8-4-5-18(15-32)31-9-6-26-7-10-31/h11-14,18,26H,3-10,15H2,1-2H3,(H,29,34). The summed E-state index contributed by atoms with van der Waals surface area (Å²) < 4.78 is 21.7. The molecular weight excluding hydrogens is 451 g/mol. The van der Waals surface area contributed by atoms with Crippen LogP contribution in [-0.4, -0.2) is 82.1 Å². The fourth-order valence-corrected chi connectivity index (χ4v) is 4.84. The van der Waals surface area contributed by atoms with Gasteiger partial charge in [-0.2, -0.15) is 4.98 Å². The minimum Gasteiger partial charge on any atom is -0.477 e. The second-order valence-corrected chi connectivity index (χ2v) is 8.99. The van der Waals surface area contributed by atoms with E-state index in [9.17, 15) is 9.18 Å². The fourth-order valence-electron chi connectivity index (χ4n) is 4.84. The van der Waals surface area contributed by atoms with Crippen molar-refractivity contribution >= 4 is 23.2 Å². The number of hydrogen-bond acceptors (Lipinski definition) is 8. The SMILES string of the molecule is CCOc1nc(N2CCCC(N3CCNCC3)C2)ncc1C(=O)Nc1cc(F)c2nc(C)cn2c1. The minimum atomic E-state index is -0.517. The summed E-state index contributed by atoms with van der Waals surface area (Å²) in [5.41, 5.74) is 1.41. The molecule has 0 aromatic carbocycles. The van der Waals surface area contributed by atoms with E-state index in [4.69, 9.17) is 4.74 Å². The van der Waals surface area contributed by atoms with E-state index in [-0.39, 0.29) is 17.1 Å². The predicted molar refractivity (Wildman–Crippen MR) is 131 cm³/mol. The number of rotatable bonds is 6. The number of imidazole rings is 1. The molecule has 0 aliphatic carbocycles. The van der Waals surface area contributed by atoms with Gasteiger partial charge in [-0.05, 0) is 26.7 Å². The van der Waals surface area contributed by atoms with Crippen molar-refractivity contribution in [2.75, 3.05) is 56.1 Å². The lowest BCUT2D eigenvalue weighted by Crippen LogP contribution is -2.54. The highest BCUT2D eigenvalue weighted by molar-refractivity contribution is 6.05. The second kappa shape index (κ2) is 10.1. The molecular formula is C24H31FN8O2. The summed E-state index contributed by atoms with van der Waals surface area (Å²) in [5, 5.41) is 6.14. The van der Waals surface area contributed by atoms with E-state index >= 15 is 0 Å². The molecule has 1 atom stereocenters. The van der Waals surface area contributed by atoms with Crippen LogP contribution in [0.4, 0.5) is 16.0 Å². The van der Waals surface area contributed by atoms with Gasteiger partial charge in [0.25, 0.3) is 5.91 Å². The van der Waals surface area contributed by atoms with Crippen molar-refractivity contribution in [3.63, 3.8) is 0 Å². The van der Waals surface area contributed by atoms with E-state index in [0.29, 0.717) is 30.0 Å². The Kier molecular flexibility index (Phi) is 6.78. The summed E-state index contributed by atoms with van der Waals surface area (Å²) in [6.45, 7) is 9.83. The van der Waals surface area contributed by atoms with Crippen molar-refractivity contribution in [1.82, 2.24) is 29.6 Å². The van der Waals surface area contributed by atoms with Gasteiger partial charge in [0.05, 0.1) is 18.0 Å². The number of ether oxygens (including phenoxy) is 1. The van der Waals surface area contributed by atoms with Gasteiger partial charge in [0.15, 0.2) is 11.5 Å². The maximum Gasteiger partial charge on any atom is 0.262 e. The number of nitrogens with one attached hydrogen (secondary N) is 2. The molecule has 3 aromatic rings. The Morgan fingerprint density at radius 3 is 2.89 bits per heavy atom. The van der Waals surface area contributed by atoms with E-state index in [1.807, 2.05) is 6.92 Å². The highest BCUT2D eigenvalue weighted by Gasteiger charge is 2.28. The summed E-state index contributed by atoms with van der Waals surface area (Å²) in [5.74, 6) is -0.199. The quantitative estimate of drug-likeness (QED) is 0.551. The number of hydrogen-bond donors (Lipinski definition) is 2. The summed E-state index contributed by atoms with van der Waals surface area (Å²) in [4.78, 5) is 31.0. The van der Waals surface area contributed by atoms with Crippen LogP contribution >= 0.6 is 0 Å². The van der Waals surface area contributed by atoms with Crippen LogP contribution in [0.2, 0.25) is 0 Å².